The Balaban J connectivity index is 1.46. The summed E-state index contributed by atoms with van der Waals surface area (Å²) in [6.07, 6.45) is 4.51. The van der Waals surface area contributed by atoms with Gasteiger partial charge in [-0.05, 0) is 84.6 Å². The van der Waals surface area contributed by atoms with Crippen molar-refractivity contribution >= 4 is 0 Å². The molecule has 0 saturated heterocycles. The maximum absolute atomic E-state index is 13.9. The van der Waals surface area contributed by atoms with Crippen LogP contribution in [0.25, 0.3) is 11.1 Å². The van der Waals surface area contributed by atoms with Crippen molar-refractivity contribution in [2.75, 3.05) is 0 Å². The summed E-state index contributed by atoms with van der Waals surface area (Å²) in [7, 11) is 0. The van der Waals surface area contributed by atoms with Crippen molar-refractivity contribution < 1.29 is 17.6 Å². The molecule has 2 aliphatic rings. The first-order valence-corrected chi connectivity index (χ1v) is 10.8. The number of fused-ring (bicyclic) bond motifs is 1. The predicted molar refractivity (Wildman–Crippen MR) is 108 cm³/mol. The third-order valence-corrected chi connectivity index (χ3v) is 7.29. The van der Waals surface area contributed by atoms with Crippen molar-refractivity contribution in [1.82, 2.24) is 0 Å². The van der Waals surface area contributed by atoms with Crippen molar-refractivity contribution in [3.05, 3.63) is 59.4 Å². The van der Waals surface area contributed by atoms with Gasteiger partial charge in [0.25, 0.3) is 0 Å². The van der Waals surface area contributed by atoms with Crippen LogP contribution < -0.4 is 0 Å². The van der Waals surface area contributed by atoms with E-state index < -0.39 is 17.6 Å². The minimum absolute atomic E-state index is 0.476. The summed E-state index contributed by atoms with van der Waals surface area (Å²) in [4.78, 5) is 0. The van der Waals surface area contributed by atoms with Gasteiger partial charge in [-0.3, -0.25) is 0 Å². The van der Waals surface area contributed by atoms with E-state index in [9.17, 15) is 17.6 Å². The monoisotopic (exact) mass is 404 g/mol. The van der Waals surface area contributed by atoms with Gasteiger partial charge in [0.15, 0.2) is 0 Å². The highest BCUT2D eigenvalue weighted by molar-refractivity contribution is 5.64. The molecule has 0 spiro atoms. The molecule has 2 saturated carbocycles. The van der Waals surface area contributed by atoms with Crippen LogP contribution >= 0.6 is 0 Å². The van der Waals surface area contributed by atoms with Gasteiger partial charge in [-0.2, -0.15) is 13.2 Å². The molecule has 0 aromatic heterocycles. The summed E-state index contributed by atoms with van der Waals surface area (Å²) in [5.74, 6) is 1.98. The zero-order chi connectivity index (χ0) is 20.6. The summed E-state index contributed by atoms with van der Waals surface area (Å²) >= 11 is 0. The molecule has 2 fully saturated rings. The number of halogens is 4. The summed E-state index contributed by atoms with van der Waals surface area (Å²) in [6, 6.07) is 11.1. The second-order valence-corrected chi connectivity index (χ2v) is 8.93. The van der Waals surface area contributed by atoms with Gasteiger partial charge in [-0.1, -0.05) is 50.1 Å². The first kappa shape index (κ1) is 20.4. The minimum atomic E-state index is -4.67. The second kappa shape index (κ2) is 8.12. The molecule has 4 rings (SSSR count). The largest absolute Gasteiger partial charge is 0.419 e. The number of hydrogen-bond acceptors (Lipinski definition) is 0. The molecule has 0 N–H and O–H groups in total. The van der Waals surface area contributed by atoms with E-state index in [0.717, 1.165) is 35.4 Å². The number of alkyl halides is 3. The van der Waals surface area contributed by atoms with Gasteiger partial charge < -0.3 is 0 Å². The van der Waals surface area contributed by atoms with E-state index >= 15 is 0 Å². The van der Waals surface area contributed by atoms with Crippen LogP contribution in [0.1, 0.15) is 68.9 Å². The van der Waals surface area contributed by atoms with E-state index in [1.54, 1.807) is 0 Å². The van der Waals surface area contributed by atoms with E-state index in [-0.39, 0.29) is 0 Å². The molecular formula is C25H28F4. The number of rotatable bonds is 3. The molecule has 1 unspecified atom stereocenters. The van der Waals surface area contributed by atoms with Crippen LogP contribution in [0, 0.1) is 23.6 Å². The molecule has 4 heteroatoms. The zero-order valence-electron chi connectivity index (χ0n) is 16.8. The molecule has 0 bridgehead atoms. The quantitative estimate of drug-likeness (QED) is 0.452. The molecule has 0 nitrogen and oxygen atoms in total. The molecule has 2 aromatic carbocycles. The Hall–Kier alpha value is -1.84. The fraction of sp³-hybridized carbons (Fsp3) is 0.520. The molecule has 2 aromatic rings. The molecule has 0 radical (unpaired) electrons. The van der Waals surface area contributed by atoms with Gasteiger partial charge in [0.2, 0.25) is 0 Å². The van der Waals surface area contributed by atoms with Crippen LogP contribution in [0.5, 0.6) is 0 Å². The van der Waals surface area contributed by atoms with Crippen LogP contribution in [-0.2, 0) is 6.18 Å². The number of benzene rings is 2. The van der Waals surface area contributed by atoms with Gasteiger partial charge in [0.1, 0.15) is 5.82 Å². The Labute approximate surface area is 170 Å². The highest BCUT2D eigenvalue weighted by Gasteiger charge is 2.36. The lowest BCUT2D eigenvalue weighted by Crippen LogP contribution is -2.30. The van der Waals surface area contributed by atoms with E-state index in [4.69, 9.17) is 0 Å². The van der Waals surface area contributed by atoms with Gasteiger partial charge >= 0.3 is 6.18 Å². The van der Waals surface area contributed by atoms with Crippen molar-refractivity contribution in [2.24, 2.45) is 17.8 Å². The SMILES string of the molecule is CCC1CC[C@@H]2C[C@H](c3ccc(-c4ccc(C(F)(F)F)c(F)c4)cc3)CC[C@@H]2C1. The maximum atomic E-state index is 13.9. The van der Waals surface area contributed by atoms with Crippen molar-refractivity contribution in [2.45, 2.75) is 64.0 Å². The Kier molecular flexibility index (Phi) is 5.72. The maximum Gasteiger partial charge on any atom is 0.419 e. The fourth-order valence-electron chi connectivity index (χ4n) is 5.53. The molecular weight excluding hydrogens is 376 g/mol. The second-order valence-electron chi connectivity index (χ2n) is 8.93. The molecule has 156 valence electrons. The van der Waals surface area contributed by atoms with E-state index in [1.807, 2.05) is 12.1 Å². The summed E-state index contributed by atoms with van der Waals surface area (Å²) in [5, 5.41) is 0. The van der Waals surface area contributed by atoms with E-state index in [0.29, 0.717) is 11.5 Å². The van der Waals surface area contributed by atoms with Crippen LogP contribution in [0.3, 0.4) is 0 Å². The van der Waals surface area contributed by atoms with Gasteiger partial charge in [0, 0.05) is 0 Å². The van der Waals surface area contributed by atoms with Crippen molar-refractivity contribution in [3.63, 3.8) is 0 Å². The predicted octanol–water partition coefficient (Wildman–Crippen LogP) is 8.22. The fourth-order valence-corrected chi connectivity index (χ4v) is 5.53. The topological polar surface area (TPSA) is 0 Å². The average Bonchev–Trinajstić information content (AvgIpc) is 2.72. The van der Waals surface area contributed by atoms with Crippen LogP contribution in [-0.4, -0.2) is 0 Å². The molecule has 29 heavy (non-hydrogen) atoms. The van der Waals surface area contributed by atoms with E-state index in [2.05, 4.69) is 19.1 Å². The molecule has 0 amide bonds. The van der Waals surface area contributed by atoms with Crippen LogP contribution in [0.15, 0.2) is 42.5 Å². The smallest absolute Gasteiger partial charge is 0.206 e. The zero-order valence-corrected chi connectivity index (χ0v) is 16.8. The van der Waals surface area contributed by atoms with Gasteiger partial charge in [0.05, 0.1) is 5.56 Å². The Morgan fingerprint density at radius 1 is 0.828 bits per heavy atom. The van der Waals surface area contributed by atoms with Crippen LogP contribution in [0.4, 0.5) is 17.6 Å². The standard InChI is InChI=1S/C25H28F4/c1-2-16-3-4-21-14-20(10-9-19(21)13-16)17-5-7-18(8-6-17)22-11-12-23(24(26)15-22)25(27,28)29/h5-8,11-12,15-16,19-21H,2-4,9-10,13-14H2,1H3/t16?,19-,20-,21-/m1/s1. The highest BCUT2D eigenvalue weighted by Crippen LogP contribution is 2.48. The van der Waals surface area contributed by atoms with Crippen molar-refractivity contribution in [1.29, 1.82) is 0 Å². The lowest BCUT2D eigenvalue weighted by atomic mass is 9.63. The summed E-state index contributed by atoms with van der Waals surface area (Å²) in [6.45, 7) is 2.31. The first-order valence-electron chi connectivity index (χ1n) is 10.8. The minimum Gasteiger partial charge on any atom is -0.206 e. The third kappa shape index (κ3) is 4.36. The summed E-state index contributed by atoms with van der Waals surface area (Å²) in [5.41, 5.74) is 1.31. The summed E-state index contributed by atoms with van der Waals surface area (Å²) < 4.78 is 52.2. The normalized spacial score (nSPS) is 27.5. The van der Waals surface area contributed by atoms with Crippen molar-refractivity contribution in [3.8, 4) is 11.1 Å². The lowest BCUT2D eigenvalue weighted by molar-refractivity contribution is -0.139. The first-order chi connectivity index (χ1) is 13.8. The third-order valence-electron chi connectivity index (χ3n) is 7.29. The van der Waals surface area contributed by atoms with Gasteiger partial charge in [-0.15, -0.1) is 0 Å². The number of hydrogen-bond donors (Lipinski definition) is 0. The Morgan fingerprint density at radius 2 is 1.48 bits per heavy atom. The average molecular weight is 404 g/mol. The Bertz CT molecular complexity index is 837. The lowest BCUT2D eigenvalue weighted by Gasteiger charge is -2.42. The molecule has 4 atom stereocenters. The Morgan fingerprint density at radius 3 is 2.14 bits per heavy atom. The van der Waals surface area contributed by atoms with Gasteiger partial charge in [-0.25, -0.2) is 4.39 Å². The molecule has 0 aliphatic heterocycles. The molecule has 2 aliphatic carbocycles. The highest BCUT2D eigenvalue weighted by atomic mass is 19.4. The van der Waals surface area contributed by atoms with E-state index in [1.165, 1.54) is 56.6 Å². The molecule has 0 heterocycles. The van der Waals surface area contributed by atoms with Crippen LogP contribution in [0.2, 0.25) is 0 Å².